The number of nitrogens with zero attached hydrogens (tertiary/aromatic N) is 2. The number of methoxy groups -OCH3 is 1. The molecule has 2 fully saturated rings. The van der Waals surface area contributed by atoms with E-state index in [9.17, 15) is 9.59 Å². The first-order chi connectivity index (χ1) is 14.6. The summed E-state index contributed by atoms with van der Waals surface area (Å²) in [5.41, 5.74) is 1.15. The standard InChI is InChI=1S/C22H17ClN2O5/c1-28-16-10-8-14(9-11-16)24-21(26)18-19(17-3-2-12-29-17)25(30-20(18)22(24)27)15-6-4-13(23)5-7-15/h2-12,18-20H,1H3/t18-,19-,20+/m1/s1. The quantitative estimate of drug-likeness (QED) is 0.590. The van der Waals surface area contributed by atoms with Crippen molar-refractivity contribution in [3.8, 4) is 5.75 Å². The van der Waals surface area contributed by atoms with E-state index in [0.29, 0.717) is 27.9 Å². The van der Waals surface area contributed by atoms with Gasteiger partial charge in [0.25, 0.3) is 5.91 Å². The molecule has 30 heavy (non-hydrogen) atoms. The van der Waals surface area contributed by atoms with Gasteiger partial charge in [0.1, 0.15) is 23.5 Å². The number of benzene rings is 2. The number of furan rings is 1. The Morgan fingerprint density at radius 3 is 2.27 bits per heavy atom. The molecule has 3 heterocycles. The number of carbonyl (C=O) groups is 2. The summed E-state index contributed by atoms with van der Waals surface area (Å²) in [5.74, 6) is -0.329. The second kappa shape index (κ2) is 7.19. The van der Waals surface area contributed by atoms with Crippen molar-refractivity contribution in [1.29, 1.82) is 0 Å². The average Bonchev–Trinajstić information content (AvgIpc) is 3.47. The van der Waals surface area contributed by atoms with Gasteiger partial charge in [-0.1, -0.05) is 11.6 Å². The lowest BCUT2D eigenvalue weighted by molar-refractivity contribution is -0.126. The van der Waals surface area contributed by atoms with E-state index in [1.54, 1.807) is 72.8 Å². The first-order valence-electron chi connectivity index (χ1n) is 9.35. The van der Waals surface area contributed by atoms with Crippen LogP contribution in [0.4, 0.5) is 11.4 Å². The van der Waals surface area contributed by atoms with Crippen LogP contribution in [0, 0.1) is 5.92 Å². The maximum atomic E-state index is 13.4. The van der Waals surface area contributed by atoms with E-state index in [1.807, 2.05) is 0 Å². The molecule has 3 aromatic rings. The molecule has 2 aromatic carbocycles. The summed E-state index contributed by atoms with van der Waals surface area (Å²) in [5, 5.41) is 2.14. The van der Waals surface area contributed by atoms with E-state index in [-0.39, 0.29) is 5.91 Å². The Bertz CT molecular complexity index is 1080. The van der Waals surface area contributed by atoms with Crippen LogP contribution in [0.5, 0.6) is 5.75 Å². The number of carbonyl (C=O) groups excluding carboxylic acids is 2. The molecule has 152 valence electrons. The van der Waals surface area contributed by atoms with E-state index < -0.39 is 24.0 Å². The molecule has 0 bridgehead atoms. The van der Waals surface area contributed by atoms with Crippen molar-refractivity contribution in [3.63, 3.8) is 0 Å². The molecule has 8 heteroatoms. The molecule has 0 aliphatic carbocycles. The maximum Gasteiger partial charge on any atom is 0.266 e. The molecule has 0 saturated carbocycles. The fraction of sp³-hybridized carbons (Fsp3) is 0.182. The minimum Gasteiger partial charge on any atom is -0.497 e. The predicted octanol–water partition coefficient (Wildman–Crippen LogP) is 3.99. The number of ether oxygens (including phenoxy) is 1. The van der Waals surface area contributed by atoms with Crippen LogP contribution in [0.2, 0.25) is 5.02 Å². The maximum absolute atomic E-state index is 13.4. The zero-order valence-corrected chi connectivity index (χ0v) is 16.7. The van der Waals surface area contributed by atoms with Gasteiger partial charge >= 0.3 is 0 Å². The van der Waals surface area contributed by atoms with Gasteiger partial charge in [-0.15, -0.1) is 0 Å². The Morgan fingerprint density at radius 1 is 0.933 bits per heavy atom. The molecule has 0 N–H and O–H groups in total. The third-order valence-electron chi connectivity index (χ3n) is 5.36. The third-order valence-corrected chi connectivity index (χ3v) is 5.61. The molecule has 3 atom stereocenters. The van der Waals surface area contributed by atoms with Gasteiger partial charge in [-0.2, -0.15) is 0 Å². The van der Waals surface area contributed by atoms with Crippen LogP contribution in [-0.2, 0) is 14.4 Å². The van der Waals surface area contributed by atoms with Crippen molar-refractivity contribution in [2.45, 2.75) is 12.1 Å². The number of imide groups is 1. The molecule has 0 spiro atoms. The molecule has 0 radical (unpaired) electrons. The van der Waals surface area contributed by atoms with Gasteiger partial charge in [0.05, 0.1) is 24.7 Å². The van der Waals surface area contributed by atoms with Crippen molar-refractivity contribution < 1.29 is 23.6 Å². The zero-order chi connectivity index (χ0) is 20.8. The molecule has 2 aliphatic rings. The van der Waals surface area contributed by atoms with E-state index >= 15 is 0 Å². The molecule has 2 amide bonds. The highest BCUT2D eigenvalue weighted by Crippen LogP contribution is 2.47. The largest absolute Gasteiger partial charge is 0.497 e. The molecular formula is C22H17ClN2O5. The van der Waals surface area contributed by atoms with E-state index in [1.165, 1.54) is 11.2 Å². The number of anilines is 2. The number of hydroxylamine groups is 1. The van der Waals surface area contributed by atoms with E-state index in [0.717, 1.165) is 0 Å². The smallest absolute Gasteiger partial charge is 0.266 e. The molecule has 0 unspecified atom stereocenters. The van der Waals surface area contributed by atoms with Crippen molar-refractivity contribution in [2.24, 2.45) is 5.92 Å². The highest BCUT2D eigenvalue weighted by Gasteiger charge is 2.61. The summed E-state index contributed by atoms with van der Waals surface area (Å²) >= 11 is 6.00. The minimum absolute atomic E-state index is 0.340. The lowest BCUT2D eigenvalue weighted by Crippen LogP contribution is -2.37. The number of rotatable bonds is 4. The summed E-state index contributed by atoms with van der Waals surface area (Å²) in [7, 11) is 1.55. The normalized spacial score (nSPS) is 23.2. The lowest BCUT2D eigenvalue weighted by atomic mass is 9.94. The summed E-state index contributed by atoms with van der Waals surface area (Å²) in [6, 6.07) is 16.7. The SMILES string of the molecule is COc1ccc(N2C(=O)[C@H]3[C@H](ON(c4ccc(Cl)cc4)[C@@H]3c3ccco3)C2=O)cc1. The Hall–Kier alpha value is -3.29. The number of hydrogen-bond donors (Lipinski definition) is 0. The zero-order valence-electron chi connectivity index (χ0n) is 15.9. The predicted molar refractivity (Wildman–Crippen MR) is 109 cm³/mol. The van der Waals surface area contributed by atoms with Crippen molar-refractivity contribution in [3.05, 3.63) is 77.7 Å². The average molecular weight is 425 g/mol. The number of fused-ring (bicyclic) bond motifs is 1. The van der Waals surface area contributed by atoms with Gasteiger partial charge in [0.15, 0.2) is 6.10 Å². The van der Waals surface area contributed by atoms with Crippen LogP contribution in [0.15, 0.2) is 71.3 Å². The Labute approximate surface area is 177 Å². The number of amides is 2. The van der Waals surface area contributed by atoms with Gasteiger partial charge in [-0.3, -0.25) is 14.4 Å². The molecule has 2 saturated heterocycles. The second-order valence-corrected chi connectivity index (χ2v) is 7.46. The van der Waals surface area contributed by atoms with Gasteiger partial charge in [0.2, 0.25) is 5.91 Å². The Balaban J connectivity index is 1.53. The minimum atomic E-state index is -0.953. The Kier molecular flexibility index (Phi) is 4.49. The summed E-state index contributed by atoms with van der Waals surface area (Å²) in [6.45, 7) is 0. The molecule has 7 nitrogen and oxygen atoms in total. The summed E-state index contributed by atoms with van der Waals surface area (Å²) < 4.78 is 10.8. The van der Waals surface area contributed by atoms with Crippen LogP contribution in [0.3, 0.4) is 0 Å². The third kappa shape index (κ3) is 2.86. The van der Waals surface area contributed by atoms with E-state index in [2.05, 4.69) is 0 Å². The number of hydrogen-bond acceptors (Lipinski definition) is 6. The highest BCUT2D eigenvalue weighted by atomic mass is 35.5. The van der Waals surface area contributed by atoms with Crippen LogP contribution in [0.25, 0.3) is 0 Å². The fourth-order valence-corrected chi connectivity index (χ4v) is 4.09. The second-order valence-electron chi connectivity index (χ2n) is 7.02. The van der Waals surface area contributed by atoms with Crippen LogP contribution < -0.4 is 14.7 Å². The monoisotopic (exact) mass is 424 g/mol. The van der Waals surface area contributed by atoms with Gasteiger partial charge in [-0.05, 0) is 60.7 Å². The van der Waals surface area contributed by atoms with Gasteiger partial charge < -0.3 is 9.15 Å². The van der Waals surface area contributed by atoms with Crippen LogP contribution >= 0.6 is 11.6 Å². The van der Waals surface area contributed by atoms with Crippen LogP contribution in [-0.4, -0.2) is 25.0 Å². The summed E-state index contributed by atoms with van der Waals surface area (Å²) in [6.07, 6.45) is 0.580. The summed E-state index contributed by atoms with van der Waals surface area (Å²) in [4.78, 5) is 33.8. The fourth-order valence-electron chi connectivity index (χ4n) is 3.96. The highest BCUT2D eigenvalue weighted by molar-refractivity contribution is 6.30. The molecule has 5 rings (SSSR count). The molecule has 2 aliphatic heterocycles. The van der Waals surface area contributed by atoms with Crippen LogP contribution in [0.1, 0.15) is 11.8 Å². The van der Waals surface area contributed by atoms with Crippen molar-refractivity contribution in [2.75, 3.05) is 17.1 Å². The van der Waals surface area contributed by atoms with Gasteiger partial charge in [0, 0.05) is 5.02 Å². The van der Waals surface area contributed by atoms with Crippen molar-refractivity contribution >= 4 is 34.8 Å². The molecular weight excluding hydrogens is 408 g/mol. The van der Waals surface area contributed by atoms with Crippen molar-refractivity contribution in [1.82, 2.24) is 0 Å². The van der Waals surface area contributed by atoms with E-state index in [4.69, 9.17) is 25.6 Å². The van der Waals surface area contributed by atoms with Gasteiger partial charge in [-0.25, -0.2) is 9.96 Å². The first kappa shape index (κ1) is 18.7. The Morgan fingerprint density at radius 2 is 1.63 bits per heavy atom. The number of halogens is 1. The molecule has 1 aromatic heterocycles. The first-order valence-corrected chi connectivity index (χ1v) is 9.73. The topological polar surface area (TPSA) is 72.2 Å². The lowest BCUT2D eigenvalue weighted by Gasteiger charge is -2.27.